The number of nitrogens with zero attached hydrogens (tertiary/aromatic N) is 1. The quantitative estimate of drug-likeness (QED) is 0.272. The van der Waals surface area contributed by atoms with Crippen LogP contribution >= 0.6 is 35.4 Å². The summed E-state index contributed by atoms with van der Waals surface area (Å²) in [5, 5.41) is 3.13. The molecule has 144 valence electrons. The molecule has 1 aliphatic rings. The summed E-state index contributed by atoms with van der Waals surface area (Å²) in [7, 11) is 0. The topological polar surface area (TPSA) is 12.4 Å². The molecule has 0 atom stereocenters. The molecule has 4 heteroatoms. The van der Waals surface area contributed by atoms with Crippen LogP contribution in [0.5, 0.6) is 0 Å². The van der Waals surface area contributed by atoms with E-state index in [0.29, 0.717) is 21.7 Å². The first-order valence-electron chi connectivity index (χ1n) is 9.79. The third kappa shape index (κ3) is 5.47. The van der Waals surface area contributed by atoms with Gasteiger partial charge in [0.2, 0.25) is 0 Å². The van der Waals surface area contributed by atoms with Crippen molar-refractivity contribution < 1.29 is 0 Å². The lowest BCUT2D eigenvalue weighted by Gasteiger charge is -2.28. The van der Waals surface area contributed by atoms with Crippen molar-refractivity contribution in [2.75, 3.05) is 0 Å². The van der Waals surface area contributed by atoms with E-state index in [4.69, 9.17) is 23.2 Å². The van der Waals surface area contributed by atoms with E-state index < -0.39 is 0 Å². The zero-order chi connectivity index (χ0) is 19.9. The maximum absolute atomic E-state index is 6.20. The molecule has 1 fully saturated rings. The van der Waals surface area contributed by atoms with Gasteiger partial charge in [0, 0.05) is 11.1 Å². The fraction of sp³-hybridized carbons (Fsp3) is 0.375. The number of halogens is 2. The lowest BCUT2D eigenvalue weighted by molar-refractivity contribution is 0.308. The standard InChI is InChI=1S/C24H23Cl2NS/c1-2-3-17-6-10-20(11-7-17)21-12-8-18(9-13-21)4-5-19-14-22(25)24(27-16-28)23(26)15-19/h8-9,12-15,17,20H,2-3,6-7,10-11H2,1H3. The number of hydrogen-bond donors (Lipinski definition) is 0. The average Bonchev–Trinajstić information content (AvgIpc) is 2.70. The van der Waals surface area contributed by atoms with Crippen LogP contribution in [0.15, 0.2) is 41.4 Å². The summed E-state index contributed by atoms with van der Waals surface area (Å²) in [5.74, 6) is 7.94. The van der Waals surface area contributed by atoms with Crippen LogP contribution in [0, 0.1) is 17.8 Å². The van der Waals surface area contributed by atoms with Crippen molar-refractivity contribution in [3.63, 3.8) is 0 Å². The Kier molecular flexibility index (Phi) is 7.72. The Balaban J connectivity index is 1.68. The van der Waals surface area contributed by atoms with E-state index >= 15 is 0 Å². The van der Waals surface area contributed by atoms with E-state index in [-0.39, 0.29) is 0 Å². The minimum absolute atomic E-state index is 0.420. The van der Waals surface area contributed by atoms with Gasteiger partial charge in [-0.25, -0.2) is 0 Å². The van der Waals surface area contributed by atoms with E-state index in [1.807, 2.05) is 0 Å². The smallest absolute Gasteiger partial charge is 0.111 e. The molecule has 0 saturated heterocycles. The van der Waals surface area contributed by atoms with Crippen molar-refractivity contribution in [3.8, 4) is 11.8 Å². The Morgan fingerprint density at radius 2 is 1.57 bits per heavy atom. The summed E-state index contributed by atoms with van der Waals surface area (Å²) < 4.78 is 0. The van der Waals surface area contributed by atoms with Gasteiger partial charge in [-0.3, -0.25) is 0 Å². The second-order valence-electron chi connectivity index (χ2n) is 7.37. The third-order valence-corrected chi connectivity index (χ3v) is 6.12. The fourth-order valence-corrected chi connectivity index (χ4v) is 4.63. The van der Waals surface area contributed by atoms with Crippen LogP contribution in [0.3, 0.4) is 0 Å². The Bertz CT molecular complexity index is 902. The zero-order valence-electron chi connectivity index (χ0n) is 16.0. The second-order valence-corrected chi connectivity index (χ2v) is 8.37. The van der Waals surface area contributed by atoms with Crippen molar-refractivity contribution in [2.45, 2.75) is 51.4 Å². The normalized spacial score (nSPS) is 18.7. The first-order chi connectivity index (χ1) is 13.6. The summed E-state index contributed by atoms with van der Waals surface area (Å²) in [5.41, 5.74) is 3.60. The number of benzene rings is 2. The number of isothiocyanates is 1. The molecule has 1 saturated carbocycles. The molecule has 0 radical (unpaired) electrons. The number of aliphatic imine (C=N–C) groups is 1. The van der Waals surface area contributed by atoms with E-state index in [9.17, 15) is 0 Å². The average molecular weight is 428 g/mol. The number of hydrogen-bond acceptors (Lipinski definition) is 2. The van der Waals surface area contributed by atoms with Gasteiger partial charge in [0.25, 0.3) is 0 Å². The molecule has 0 aliphatic heterocycles. The van der Waals surface area contributed by atoms with Gasteiger partial charge in [-0.05, 0) is 79.6 Å². The monoisotopic (exact) mass is 427 g/mol. The van der Waals surface area contributed by atoms with Crippen LogP contribution in [0.25, 0.3) is 0 Å². The maximum Gasteiger partial charge on any atom is 0.111 e. The van der Waals surface area contributed by atoms with E-state index in [0.717, 1.165) is 17.0 Å². The molecule has 0 bridgehead atoms. The molecule has 3 rings (SSSR count). The van der Waals surface area contributed by atoms with Crippen molar-refractivity contribution in [1.82, 2.24) is 0 Å². The van der Waals surface area contributed by atoms with Gasteiger partial charge in [0.05, 0.1) is 15.2 Å². The van der Waals surface area contributed by atoms with Crippen molar-refractivity contribution in [1.29, 1.82) is 0 Å². The number of thiocarbonyl (C=S) groups is 1. The maximum atomic E-state index is 6.20. The van der Waals surface area contributed by atoms with Crippen LogP contribution in [0.1, 0.15) is 68.1 Å². The molecule has 28 heavy (non-hydrogen) atoms. The van der Waals surface area contributed by atoms with Crippen LogP contribution < -0.4 is 0 Å². The highest BCUT2D eigenvalue weighted by molar-refractivity contribution is 7.78. The summed E-state index contributed by atoms with van der Waals surface area (Å²) in [6.07, 6.45) is 8.04. The molecule has 0 spiro atoms. The molecular formula is C24H23Cl2NS. The van der Waals surface area contributed by atoms with Crippen LogP contribution in [-0.2, 0) is 0 Å². The van der Waals surface area contributed by atoms with Crippen LogP contribution in [-0.4, -0.2) is 5.16 Å². The highest BCUT2D eigenvalue weighted by Gasteiger charge is 2.21. The minimum atomic E-state index is 0.420. The van der Waals surface area contributed by atoms with Crippen molar-refractivity contribution >= 4 is 46.3 Å². The first-order valence-corrected chi connectivity index (χ1v) is 11.0. The summed E-state index contributed by atoms with van der Waals surface area (Å²) in [6.45, 7) is 2.29. The van der Waals surface area contributed by atoms with Gasteiger partial charge in [-0.1, -0.05) is 66.9 Å². The molecular weight excluding hydrogens is 405 g/mol. The highest BCUT2D eigenvalue weighted by atomic mass is 35.5. The lowest BCUT2D eigenvalue weighted by Crippen LogP contribution is -2.13. The summed E-state index contributed by atoms with van der Waals surface area (Å²) in [4.78, 5) is 3.89. The minimum Gasteiger partial charge on any atom is -0.192 e. The Morgan fingerprint density at radius 3 is 2.14 bits per heavy atom. The molecule has 0 unspecified atom stereocenters. The molecule has 1 nitrogen and oxygen atoms in total. The molecule has 0 N–H and O–H groups in total. The van der Waals surface area contributed by atoms with Gasteiger partial charge in [0.1, 0.15) is 5.69 Å². The fourth-order valence-electron chi connectivity index (χ4n) is 3.97. The lowest BCUT2D eigenvalue weighted by atomic mass is 9.77. The van der Waals surface area contributed by atoms with Gasteiger partial charge in [0.15, 0.2) is 0 Å². The van der Waals surface area contributed by atoms with Gasteiger partial charge in [-0.15, -0.1) is 0 Å². The Hall–Kier alpha value is -1.62. The van der Waals surface area contributed by atoms with Crippen molar-refractivity contribution in [3.05, 3.63) is 63.1 Å². The molecule has 1 aliphatic carbocycles. The summed E-state index contributed by atoms with van der Waals surface area (Å²) >= 11 is 17.0. The zero-order valence-corrected chi connectivity index (χ0v) is 18.3. The van der Waals surface area contributed by atoms with Crippen LogP contribution in [0.4, 0.5) is 5.69 Å². The number of rotatable bonds is 4. The molecule has 2 aromatic rings. The highest BCUT2D eigenvalue weighted by Crippen LogP contribution is 2.37. The molecule has 0 heterocycles. The van der Waals surface area contributed by atoms with Gasteiger partial charge >= 0.3 is 0 Å². The SMILES string of the molecule is CCCC1CCC(c2ccc(C#Cc3cc(Cl)c(N=C=S)c(Cl)c3)cc2)CC1. The second kappa shape index (κ2) is 10.2. The molecule has 2 aromatic carbocycles. The Labute approximate surface area is 183 Å². The van der Waals surface area contributed by atoms with Crippen LogP contribution in [0.2, 0.25) is 10.0 Å². The Morgan fingerprint density at radius 1 is 0.964 bits per heavy atom. The molecule has 0 amide bonds. The first kappa shape index (κ1) is 21.1. The van der Waals surface area contributed by atoms with Crippen molar-refractivity contribution in [2.24, 2.45) is 10.9 Å². The van der Waals surface area contributed by atoms with Gasteiger partial charge in [-0.2, -0.15) is 4.99 Å². The largest absolute Gasteiger partial charge is 0.192 e. The predicted molar refractivity (Wildman–Crippen MR) is 123 cm³/mol. The summed E-state index contributed by atoms with van der Waals surface area (Å²) in [6, 6.07) is 12.2. The van der Waals surface area contributed by atoms with Gasteiger partial charge < -0.3 is 0 Å². The third-order valence-electron chi connectivity index (χ3n) is 5.45. The predicted octanol–water partition coefficient (Wildman–Crippen LogP) is 8.20. The van der Waals surface area contributed by atoms with E-state index in [1.54, 1.807) is 12.1 Å². The van der Waals surface area contributed by atoms with E-state index in [2.05, 4.69) is 65.4 Å². The van der Waals surface area contributed by atoms with E-state index in [1.165, 1.54) is 44.1 Å². The molecule has 0 aromatic heterocycles.